The molecule has 1 aromatic carbocycles. The molecule has 0 spiro atoms. The van der Waals surface area contributed by atoms with Gasteiger partial charge in [-0.15, -0.1) is 0 Å². The average molecular weight is 345 g/mol. The second-order valence-electron chi connectivity index (χ2n) is 5.23. The molecule has 0 saturated carbocycles. The van der Waals surface area contributed by atoms with Crippen LogP contribution in [0, 0.1) is 10.1 Å². The van der Waals surface area contributed by atoms with Crippen LogP contribution in [0.5, 0.6) is 0 Å². The lowest BCUT2D eigenvalue weighted by molar-refractivity contribution is -0.384. The van der Waals surface area contributed by atoms with Gasteiger partial charge in [0.05, 0.1) is 4.92 Å². The Morgan fingerprint density at radius 1 is 1.53 bits per heavy atom. The van der Waals surface area contributed by atoms with Crippen LogP contribution in [0.15, 0.2) is 18.2 Å². The zero-order chi connectivity index (χ0) is 14.0. The number of thioether (sulfide) groups is 1. The maximum absolute atomic E-state index is 10.8. The number of benzene rings is 1. The molecule has 0 atom stereocenters. The molecule has 1 fully saturated rings. The number of nitro benzene ring substituents is 1. The first kappa shape index (κ1) is 14.7. The molecule has 19 heavy (non-hydrogen) atoms. The summed E-state index contributed by atoms with van der Waals surface area (Å²) >= 11 is 5.41. The number of nitro groups is 1. The van der Waals surface area contributed by atoms with E-state index in [4.69, 9.17) is 0 Å². The van der Waals surface area contributed by atoms with Gasteiger partial charge >= 0.3 is 0 Å². The Labute approximate surface area is 125 Å². The zero-order valence-corrected chi connectivity index (χ0v) is 13.5. The Hall–Kier alpha value is -0.750. The fraction of sp³-hybridized carbons (Fsp3) is 0.538. The lowest BCUT2D eigenvalue weighted by Crippen LogP contribution is -2.43. The molecule has 1 saturated heterocycles. The van der Waals surface area contributed by atoms with Crippen LogP contribution < -0.4 is 4.90 Å². The Bertz CT molecular complexity index is 494. The van der Waals surface area contributed by atoms with Gasteiger partial charge in [0.25, 0.3) is 5.69 Å². The first-order valence-corrected chi connectivity index (χ1v) is 8.26. The lowest BCUT2D eigenvalue weighted by atomic mass is 10.1. The second kappa shape index (κ2) is 5.71. The van der Waals surface area contributed by atoms with Crippen LogP contribution in [0.1, 0.15) is 19.4 Å². The van der Waals surface area contributed by atoms with E-state index in [1.165, 1.54) is 0 Å². The summed E-state index contributed by atoms with van der Waals surface area (Å²) in [6.45, 7) is 6.44. The molecule has 1 heterocycles. The first-order valence-electron chi connectivity index (χ1n) is 6.15. The summed E-state index contributed by atoms with van der Waals surface area (Å²) in [6, 6.07) is 5.13. The molecule has 4 nitrogen and oxygen atoms in total. The summed E-state index contributed by atoms with van der Waals surface area (Å²) in [6.07, 6.45) is 0. The summed E-state index contributed by atoms with van der Waals surface area (Å²) in [7, 11) is 0. The fourth-order valence-corrected chi connectivity index (χ4v) is 3.88. The molecule has 1 aliphatic heterocycles. The third-order valence-electron chi connectivity index (χ3n) is 3.18. The van der Waals surface area contributed by atoms with Gasteiger partial charge in [-0.25, -0.2) is 0 Å². The molecule has 6 heteroatoms. The van der Waals surface area contributed by atoms with Crippen molar-refractivity contribution in [2.45, 2.75) is 23.9 Å². The highest BCUT2D eigenvalue weighted by molar-refractivity contribution is 9.08. The Balaban J connectivity index is 2.31. The molecule has 0 radical (unpaired) electrons. The van der Waals surface area contributed by atoms with Crippen molar-refractivity contribution in [2.24, 2.45) is 0 Å². The number of anilines is 1. The third kappa shape index (κ3) is 3.42. The highest BCUT2D eigenvalue weighted by atomic mass is 79.9. The predicted octanol–water partition coefficient (Wildman–Crippen LogP) is 3.82. The van der Waals surface area contributed by atoms with Crippen molar-refractivity contribution < 1.29 is 4.92 Å². The van der Waals surface area contributed by atoms with Gasteiger partial charge in [0.15, 0.2) is 0 Å². The Kier molecular flexibility index (Phi) is 4.40. The van der Waals surface area contributed by atoms with E-state index >= 15 is 0 Å². The van der Waals surface area contributed by atoms with Crippen molar-refractivity contribution >= 4 is 39.1 Å². The minimum Gasteiger partial charge on any atom is -0.369 e. The number of halogens is 1. The molecular formula is C13H17BrN2O2S. The Morgan fingerprint density at radius 3 is 2.84 bits per heavy atom. The average Bonchev–Trinajstić information content (AvgIpc) is 2.36. The highest BCUT2D eigenvalue weighted by Crippen LogP contribution is 2.35. The van der Waals surface area contributed by atoms with E-state index in [2.05, 4.69) is 34.7 Å². The number of hydrogen-bond donors (Lipinski definition) is 0. The molecular weight excluding hydrogens is 328 g/mol. The van der Waals surface area contributed by atoms with Gasteiger partial charge in [0.2, 0.25) is 0 Å². The zero-order valence-electron chi connectivity index (χ0n) is 11.1. The van der Waals surface area contributed by atoms with Crippen LogP contribution in [-0.2, 0) is 5.33 Å². The van der Waals surface area contributed by atoms with Crippen molar-refractivity contribution in [3.63, 3.8) is 0 Å². The van der Waals surface area contributed by atoms with E-state index in [-0.39, 0.29) is 15.4 Å². The van der Waals surface area contributed by atoms with Crippen LogP contribution in [0.4, 0.5) is 11.4 Å². The van der Waals surface area contributed by atoms with Crippen molar-refractivity contribution in [2.75, 3.05) is 23.7 Å². The van der Waals surface area contributed by atoms with Crippen LogP contribution >= 0.6 is 27.7 Å². The smallest absolute Gasteiger partial charge is 0.269 e. The summed E-state index contributed by atoms with van der Waals surface area (Å²) in [4.78, 5) is 12.8. The summed E-state index contributed by atoms with van der Waals surface area (Å²) in [5.41, 5.74) is 2.25. The van der Waals surface area contributed by atoms with Crippen LogP contribution in [0.3, 0.4) is 0 Å². The number of hydrogen-bond acceptors (Lipinski definition) is 4. The molecule has 0 amide bonds. The van der Waals surface area contributed by atoms with E-state index in [1.807, 2.05) is 17.8 Å². The molecule has 104 valence electrons. The van der Waals surface area contributed by atoms with Crippen molar-refractivity contribution in [1.82, 2.24) is 0 Å². The maximum atomic E-state index is 10.8. The number of rotatable bonds is 3. The van der Waals surface area contributed by atoms with Gasteiger partial charge in [-0.05, 0) is 25.5 Å². The minimum absolute atomic E-state index is 0.156. The monoisotopic (exact) mass is 344 g/mol. The Morgan fingerprint density at radius 2 is 2.26 bits per heavy atom. The van der Waals surface area contributed by atoms with E-state index in [0.717, 1.165) is 30.1 Å². The van der Waals surface area contributed by atoms with Gasteiger partial charge in [-0.3, -0.25) is 10.1 Å². The normalized spacial score (nSPS) is 18.4. The van der Waals surface area contributed by atoms with Gasteiger partial charge in [0, 0.05) is 46.7 Å². The van der Waals surface area contributed by atoms with Crippen LogP contribution in [0.25, 0.3) is 0 Å². The summed E-state index contributed by atoms with van der Waals surface area (Å²) < 4.78 is 0.226. The van der Waals surface area contributed by atoms with E-state index < -0.39 is 0 Å². The standard InChI is InChI=1S/C13H17BrN2O2S/c1-13(2)9-15(5-6-19-13)12-4-3-11(16(17)18)7-10(12)8-14/h3-4,7H,5-6,8-9H2,1-2H3. The predicted molar refractivity (Wildman–Crippen MR) is 84.5 cm³/mol. The number of non-ortho nitro benzene ring substituents is 1. The van der Waals surface area contributed by atoms with E-state index in [9.17, 15) is 10.1 Å². The quantitative estimate of drug-likeness (QED) is 0.475. The van der Waals surface area contributed by atoms with E-state index in [1.54, 1.807) is 12.1 Å². The summed E-state index contributed by atoms with van der Waals surface area (Å²) in [5, 5.41) is 11.5. The first-order chi connectivity index (χ1) is 8.93. The van der Waals surface area contributed by atoms with Crippen molar-refractivity contribution in [3.05, 3.63) is 33.9 Å². The molecule has 0 bridgehead atoms. The van der Waals surface area contributed by atoms with Gasteiger partial charge in [-0.1, -0.05) is 15.9 Å². The molecule has 0 aromatic heterocycles. The van der Waals surface area contributed by atoms with Gasteiger partial charge in [0.1, 0.15) is 0 Å². The largest absolute Gasteiger partial charge is 0.369 e. The molecule has 2 rings (SSSR count). The fourth-order valence-electron chi connectivity index (χ4n) is 2.32. The number of alkyl halides is 1. The molecule has 0 aliphatic carbocycles. The van der Waals surface area contributed by atoms with Crippen LogP contribution in [0.2, 0.25) is 0 Å². The SMILES string of the molecule is CC1(C)CN(c2ccc([N+](=O)[O-])cc2CBr)CCS1. The van der Waals surface area contributed by atoms with Crippen molar-refractivity contribution in [1.29, 1.82) is 0 Å². The highest BCUT2D eigenvalue weighted by Gasteiger charge is 2.28. The minimum atomic E-state index is -0.341. The summed E-state index contributed by atoms with van der Waals surface area (Å²) in [5.74, 6) is 1.09. The maximum Gasteiger partial charge on any atom is 0.269 e. The molecule has 0 unspecified atom stereocenters. The lowest BCUT2D eigenvalue weighted by Gasteiger charge is -2.39. The molecule has 0 N–H and O–H groups in total. The van der Waals surface area contributed by atoms with Crippen molar-refractivity contribution in [3.8, 4) is 0 Å². The van der Waals surface area contributed by atoms with Gasteiger partial charge < -0.3 is 4.90 Å². The van der Waals surface area contributed by atoms with E-state index in [0.29, 0.717) is 5.33 Å². The third-order valence-corrected chi connectivity index (χ3v) is 5.09. The molecule has 1 aromatic rings. The van der Waals surface area contributed by atoms with Crippen LogP contribution in [-0.4, -0.2) is 28.5 Å². The molecule has 1 aliphatic rings. The van der Waals surface area contributed by atoms with Gasteiger partial charge in [-0.2, -0.15) is 11.8 Å². The topological polar surface area (TPSA) is 46.4 Å². The number of nitrogens with zero attached hydrogens (tertiary/aromatic N) is 2. The second-order valence-corrected chi connectivity index (χ2v) is 7.60.